The van der Waals surface area contributed by atoms with E-state index in [2.05, 4.69) is 0 Å². The van der Waals surface area contributed by atoms with Crippen molar-refractivity contribution in [2.24, 2.45) is 0 Å². The standard InChI is InChI=1S/C29H34N2O5/c32-26(33)25-24-16-10-15-23(31(24)28(35)36-20-21-11-4-1-5-12-21)19-30(25)27(34)29(17-8-3-9-18-29)22-13-6-2-7-14-22/h1-2,4-7,11-14,23-25H,3,8-10,15-20H2,(H,32,33)/t23-,24+,25-/m0/s1. The van der Waals surface area contributed by atoms with Crippen molar-refractivity contribution in [1.82, 2.24) is 9.80 Å². The van der Waals surface area contributed by atoms with Crippen LogP contribution in [-0.2, 0) is 26.3 Å². The Morgan fingerprint density at radius 3 is 2.22 bits per heavy atom. The SMILES string of the molecule is O=C(O)[C@@H]1[C@H]2CCC[C@@H](CN1C(=O)C1(c3ccccc3)CCCCC1)N2C(=O)OCc1ccccc1. The Kier molecular flexibility index (Phi) is 6.99. The Hall–Kier alpha value is -3.35. The number of ether oxygens (including phenoxy) is 1. The van der Waals surface area contributed by atoms with Crippen LogP contribution in [0.2, 0.25) is 0 Å². The van der Waals surface area contributed by atoms with Gasteiger partial charge < -0.3 is 14.7 Å². The molecule has 1 saturated carbocycles. The number of piperidine rings is 1. The van der Waals surface area contributed by atoms with Crippen molar-refractivity contribution in [2.45, 2.75) is 81.5 Å². The molecule has 0 radical (unpaired) electrons. The van der Waals surface area contributed by atoms with E-state index in [0.717, 1.165) is 56.1 Å². The van der Waals surface area contributed by atoms with Gasteiger partial charge in [-0.15, -0.1) is 0 Å². The van der Waals surface area contributed by atoms with Crippen LogP contribution in [0.3, 0.4) is 0 Å². The van der Waals surface area contributed by atoms with E-state index in [1.54, 1.807) is 9.80 Å². The molecule has 36 heavy (non-hydrogen) atoms. The number of benzene rings is 2. The van der Waals surface area contributed by atoms with Gasteiger partial charge in [0.2, 0.25) is 5.91 Å². The summed E-state index contributed by atoms with van der Waals surface area (Å²) in [5.74, 6) is -1.16. The van der Waals surface area contributed by atoms with Crippen molar-refractivity contribution in [2.75, 3.05) is 6.54 Å². The first-order valence-corrected chi connectivity index (χ1v) is 13.1. The first kappa shape index (κ1) is 24.3. The van der Waals surface area contributed by atoms with Crippen LogP contribution >= 0.6 is 0 Å². The van der Waals surface area contributed by atoms with E-state index in [1.807, 2.05) is 60.7 Å². The van der Waals surface area contributed by atoms with Crippen molar-refractivity contribution < 1.29 is 24.2 Å². The molecule has 2 aliphatic heterocycles. The quantitative estimate of drug-likeness (QED) is 0.654. The van der Waals surface area contributed by atoms with Crippen LogP contribution in [0.1, 0.15) is 62.5 Å². The molecule has 2 bridgehead atoms. The maximum atomic E-state index is 14.3. The number of carboxylic acids is 1. The maximum Gasteiger partial charge on any atom is 0.410 e. The Bertz CT molecular complexity index is 1080. The van der Waals surface area contributed by atoms with Crippen LogP contribution in [0.15, 0.2) is 60.7 Å². The molecule has 7 heteroatoms. The van der Waals surface area contributed by atoms with E-state index in [1.165, 1.54) is 0 Å². The van der Waals surface area contributed by atoms with Gasteiger partial charge in [-0.3, -0.25) is 9.69 Å². The number of piperazine rings is 1. The lowest BCUT2D eigenvalue weighted by atomic mass is 9.67. The fraction of sp³-hybridized carbons (Fsp3) is 0.483. The number of aliphatic carboxylic acids is 1. The molecule has 3 atom stereocenters. The van der Waals surface area contributed by atoms with E-state index < -0.39 is 29.6 Å². The smallest absolute Gasteiger partial charge is 0.410 e. The second kappa shape index (κ2) is 10.3. The predicted octanol–water partition coefficient (Wildman–Crippen LogP) is 4.74. The van der Waals surface area contributed by atoms with Crippen molar-refractivity contribution in [3.63, 3.8) is 0 Å². The molecule has 2 aromatic rings. The molecule has 7 nitrogen and oxygen atoms in total. The molecule has 2 amide bonds. The highest BCUT2D eigenvalue weighted by Gasteiger charge is 2.55. The summed E-state index contributed by atoms with van der Waals surface area (Å²) in [7, 11) is 0. The molecule has 3 aliphatic rings. The topological polar surface area (TPSA) is 87.2 Å². The summed E-state index contributed by atoms with van der Waals surface area (Å²) in [6.07, 6.45) is 6.00. The highest BCUT2D eigenvalue weighted by molar-refractivity contribution is 5.93. The van der Waals surface area contributed by atoms with Crippen LogP contribution in [0.4, 0.5) is 4.79 Å². The van der Waals surface area contributed by atoms with Gasteiger partial charge in [0.05, 0.1) is 17.5 Å². The number of hydrogen-bond acceptors (Lipinski definition) is 4. The van der Waals surface area contributed by atoms with Gasteiger partial charge in [-0.2, -0.15) is 0 Å². The number of rotatable bonds is 5. The van der Waals surface area contributed by atoms with Gasteiger partial charge in [-0.25, -0.2) is 9.59 Å². The molecular formula is C29H34N2O5. The maximum absolute atomic E-state index is 14.3. The molecule has 5 rings (SSSR count). The second-order valence-electron chi connectivity index (χ2n) is 10.3. The largest absolute Gasteiger partial charge is 0.480 e. The Labute approximate surface area is 212 Å². The molecule has 1 aliphatic carbocycles. The third kappa shape index (κ3) is 4.47. The van der Waals surface area contributed by atoms with Gasteiger partial charge in [-0.05, 0) is 43.2 Å². The van der Waals surface area contributed by atoms with Crippen LogP contribution in [0, 0.1) is 0 Å². The van der Waals surface area contributed by atoms with Crippen LogP contribution in [0.25, 0.3) is 0 Å². The summed E-state index contributed by atoms with van der Waals surface area (Å²) in [5, 5.41) is 10.4. The molecule has 0 aromatic heterocycles. The van der Waals surface area contributed by atoms with Gasteiger partial charge in [-0.1, -0.05) is 79.9 Å². The minimum atomic E-state index is -1.08. The normalized spacial score (nSPS) is 25.2. The van der Waals surface area contributed by atoms with Gasteiger partial charge in [0.1, 0.15) is 12.6 Å². The lowest BCUT2D eigenvalue weighted by molar-refractivity contribution is -0.165. The summed E-state index contributed by atoms with van der Waals surface area (Å²) in [6.45, 7) is 0.356. The molecule has 1 N–H and O–H groups in total. The summed E-state index contributed by atoms with van der Waals surface area (Å²) in [6, 6.07) is 17.3. The van der Waals surface area contributed by atoms with E-state index in [0.29, 0.717) is 6.42 Å². The molecule has 0 spiro atoms. The highest BCUT2D eigenvalue weighted by Crippen LogP contribution is 2.43. The Morgan fingerprint density at radius 2 is 1.56 bits per heavy atom. The van der Waals surface area contributed by atoms with E-state index in [-0.39, 0.29) is 25.1 Å². The van der Waals surface area contributed by atoms with Gasteiger partial charge >= 0.3 is 12.1 Å². The van der Waals surface area contributed by atoms with Gasteiger partial charge in [0.15, 0.2) is 0 Å². The fourth-order valence-corrected chi connectivity index (χ4v) is 6.55. The average Bonchev–Trinajstić information content (AvgIpc) is 2.92. The van der Waals surface area contributed by atoms with Gasteiger partial charge in [0, 0.05) is 6.54 Å². The molecule has 3 fully saturated rings. The molecule has 190 valence electrons. The van der Waals surface area contributed by atoms with Gasteiger partial charge in [0.25, 0.3) is 0 Å². The van der Waals surface area contributed by atoms with E-state index in [4.69, 9.17) is 4.74 Å². The Balaban J connectivity index is 1.42. The number of hydrogen-bond donors (Lipinski definition) is 1. The first-order chi connectivity index (χ1) is 17.5. The fourth-order valence-electron chi connectivity index (χ4n) is 6.55. The van der Waals surface area contributed by atoms with Crippen molar-refractivity contribution in [3.8, 4) is 0 Å². The van der Waals surface area contributed by atoms with E-state index >= 15 is 0 Å². The molecular weight excluding hydrogens is 456 g/mol. The third-order valence-electron chi connectivity index (χ3n) is 8.27. The summed E-state index contributed by atoms with van der Waals surface area (Å²) < 4.78 is 5.62. The number of fused-ring (bicyclic) bond motifs is 2. The number of likely N-dealkylation sites (tertiary alicyclic amines) is 1. The monoisotopic (exact) mass is 490 g/mol. The zero-order valence-corrected chi connectivity index (χ0v) is 20.6. The zero-order chi connectivity index (χ0) is 25.1. The van der Waals surface area contributed by atoms with Crippen LogP contribution < -0.4 is 0 Å². The molecule has 2 aromatic carbocycles. The molecule has 2 saturated heterocycles. The summed E-state index contributed by atoms with van der Waals surface area (Å²) in [4.78, 5) is 43.4. The summed E-state index contributed by atoms with van der Waals surface area (Å²) in [5.41, 5.74) is 1.13. The minimum Gasteiger partial charge on any atom is -0.480 e. The van der Waals surface area contributed by atoms with Crippen molar-refractivity contribution in [3.05, 3.63) is 71.8 Å². The summed E-state index contributed by atoms with van der Waals surface area (Å²) >= 11 is 0. The number of carbonyl (C=O) groups is 3. The molecule has 2 heterocycles. The lowest BCUT2D eigenvalue weighted by Gasteiger charge is -2.54. The third-order valence-corrected chi connectivity index (χ3v) is 8.27. The minimum absolute atomic E-state index is 0.102. The van der Waals surface area contributed by atoms with Crippen molar-refractivity contribution in [1.29, 1.82) is 0 Å². The number of carboxylic acid groups (broad SMARTS) is 1. The van der Waals surface area contributed by atoms with Crippen LogP contribution in [-0.4, -0.2) is 57.5 Å². The first-order valence-electron chi connectivity index (χ1n) is 13.1. The highest BCUT2D eigenvalue weighted by atomic mass is 16.6. The second-order valence-corrected chi connectivity index (χ2v) is 10.3. The van der Waals surface area contributed by atoms with Crippen molar-refractivity contribution >= 4 is 18.0 Å². The lowest BCUT2D eigenvalue weighted by Crippen LogP contribution is -2.71. The van der Waals surface area contributed by atoms with E-state index in [9.17, 15) is 19.5 Å². The Morgan fingerprint density at radius 1 is 0.889 bits per heavy atom. The number of carbonyl (C=O) groups excluding carboxylic acids is 2. The molecule has 0 unspecified atom stereocenters. The number of amides is 2. The number of nitrogens with zero attached hydrogens (tertiary/aromatic N) is 2. The predicted molar refractivity (Wildman–Crippen MR) is 134 cm³/mol. The van der Waals surface area contributed by atoms with Crippen LogP contribution in [0.5, 0.6) is 0 Å². The zero-order valence-electron chi connectivity index (χ0n) is 20.6. The average molecular weight is 491 g/mol.